The molecule has 0 heterocycles. The van der Waals surface area contributed by atoms with Gasteiger partial charge in [-0.15, -0.1) is 0 Å². The van der Waals surface area contributed by atoms with Gasteiger partial charge in [0.15, 0.2) is 0 Å². The number of hydrogen-bond donors (Lipinski definition) is 0. The van der Waals surface area contributed by atoms with Crippen LogP contribution in [0.4, 0.5) is 0 Å². The number of fused-ring (bicyclic) bond motifs is 10. The van der Waals surface area contributed by atoms with Crippen molar-refractivity contribution in [3.8, 4) is 0 Å². The summed E-state index contributed by atoms with van der Waals surface area (Å²) in [6, 6.07) is 0. The standard InChI is InChI=1S/C31H42O4/c1-17(32)34-21-13-14-31(2)20(16-21)5-6-25-23-7-8-26(24(23)9-11-27(25)31)30(33)35-28-12-10-22-18-3-4-19(15-18)29(22)28/h5,10,12,18-19,21-29H,3-4,6-9,11,13-16H2,1-2H3/t18-,19-,21+,22+,23+,24-,25+,26-,27+,28+,29-,31+/m0/s1. The van der Waals surface area contributed by atoms with E-state index in [-0.39, 0.29) is 35.5 Å². The maximum Gasteiger partial charge on any atom is 0.309 e. The van der Waals surface area contributed by atoms with Gasteiger partial charge in [0, 0.05) is 19.3 Å². The molecule has 0 N–H and O–H groups in total. The van der Waals surface area contributed by atoms with Gasteiger partial charge >= 0.3 is 11.9 Å². The summed E-state index contributed by atoms with van der Waals surface area (Å²) >= 11 is 0. The minimum absolute atomic E-state index is 0.0460. The molecule has 0 amide bonds. The highest BCUT2D eigenvalue weighted by molar-refractivity contribution is 5.74. The second kappa shape index (κ2) is 8.21. The van der Waals surface area contributed by atoms with Crippen LogP contribution < -0.4 is 0 Å². The second-order valence-electron chi connectivity index (χ2n) is 13.5. The van der Waals surface area contributed by atoms with Crippen LogP contribution in [0, 0.1) is 58.7 Å². The third-order valence-electron chi connectivity index (χ3n) is 12.2. The summed E-state index contributed by atoms with van der Waals surface area (Å²) in [5.74, 6) is 5.57. The van der Waals surface area contributed by atoms with Crippen molar-refractivity contribution in [1.29, 1.82) is 0 Å². The fourth-order valence-electron chi connectivity index (χ4n) is 10.8. The monoisotopic (exact) mass is 478 g/mol. The van der Waals surface area contributed by atoms with E-state index in [2.05, 4.69) is 25.2 Å². The average molecular weight is 479 g/mol. The van der Waals surface area contributed by atoms with Gasteiger partial charge in [-0.1, -0.05) is 24.6 Å². The molecule has 35 heavy (non-hydrogen) atoms. The molecule has 7 rings (SSSR count). The number of hydrogen-bond acceptors (Lipinski definition) is 4. The molecule has 4 heteroatoms. The third-order valence-corrected chi connectivity index (χ3v) is 12.2. The van der Waals surface area contributed by atoms with Gasteiger partial charge in [0.1, 0.15) is 12.2 Å². The van der Waals surface area contributed by atoms with Gasteiger partial charge in [-0.3, -0.25) is 9.59 Å². The highest BCUT2D eigenvalue weighted by atomic mass is 16.5. The number of carbonyl (C=O) groups excluding carboxylic acids is 2. The first-order chi connectivity index (χ1) is 16.9. The molecule has 190 valence electrons. The molecule has 7 aliphatic carbocycles. The lowest BCUT2D eigenvalue weighted by atomic mass is 9.50. The average Bonchev–Trinajstić information content (AvgIpc) is 3.61. The van der Waals surface area contributed by atoms with Crippen molar-refractivity contribution in [2.24, 2.45) is 58.7 Å². The molecule has 0 radical (unpaired) electrons. The summed E-state index contributed by atoms with van der Waals surface area (Å²) in [6.07, 6.45) is 20.1. The first kappa shape index (κ1) is 22.6. The highest BCUT2D eigenvalue weighted by Crippen LogP contribution is 2.63. The molecule has 0 aromatic rings. The highest BCUT2D eigenvalue weighted by Gasteiger charge is 2.57. The minimum atomic E-state index is -0.152. The Hall–Kier alpha value is -1.58. The van der Waals surface area contributed by atoms with Crippen LogP contribution in [0.3, 0.4) is 0 Å². The molecule has 0 saturated heterocycles. The molecule has 7 aliphatic rings. The van der Waals surface area contributed by atoms with Crippen molar-refractivity contribution in [2.45, 2.75) is 96.7 Å². The molecule has 5 fully saturated rings. The Kier molecular flexibility index (Phi) is 5.31. The lowest BCUT2D eigenvalue weighted by Crippen LogP contribution is -2.48. The summed E-state index contributed by atoms with van der Waals surface area (Å²) in [5, 5.41) is 0. The predicted molar refractivity (Wildman–Crippen MR) is 133 cm³/mol. The Morgan fingerprint density at radius 2 is 1.74 bits per heavy atom. The van der Waals surface area contributed by atoms with Crippen LogP contribution in [0.15, 0.2) is 23.8 Å². The summed E-state index contributed by atoms with van der Waals surface area (Å²) < 4.78 is 11.9. The number of carbonyl (C=O) groups is 2. The number of allylic oxidation sites excluding steroid dienone is 2. The van der Waals surface area contributed by atoms with Gasteiger partial charge < -0.3 is 9.47 Å². The molecule has 0 aromatic carbocycles. The Bertz CT molecular complexity index is 965. The van der Waals surface area contributed by atoms with E-state index in [0.29, 0.717) is 35.5 Å². The smallest absolute Gasteiger partial charge is 0.309 e. The van der Waals surface area contributed by atoms with Crippen LogP contribution >= 0.6 is 0 Å². The van der Waals surface area contributed by atoms with Crippen LogP contribution in [0.25, 0.3) is 0 Å². The van der Waals surface area contributed by atoms with Crippen molar-refractivity contribution in [3.63, 3.8) is 0 Å². The van der Waals surface area contributed by atoms with Crippen LogP contribution in [0.2, 0.25) is 0 Å². The van der Waals surface area contributed by atoms with Crippen molar-refractivity contribution < 1.29 is 19.1 Å². The van der Waals surface area contributed by atoms with Gasteiger partial charge in [0.2, 0.25) is 0 Å². The topological polar surface area (TPSA) is 52.6 Å². The first-order valence-corrected chi connectivity index (χ1v) is 14.7. The Labute approximate surface area is 210 Å². The molecule has 12 atom stereocenters. The van der Waals surface area contributed by atoms with Gasteiger partial charge in [-0.2, -0.15) is 0 Å². The number of rotatable bonds is 3. The quantitative estimate of drug-likeness (QED) is 0.355. The van der Waals surface area contributed by atoms with Crippen molar-refractivity contribution in [1.82, 2.24) is 0 Å². The Morgan fingerprint density at radius 3 is 2.60 bits per heavy atom. The van der Waals surface area contributed by atoms with Crippen LogP contribution in [-0.2, 0) is 19.1 Å². The SMILES string of the molecule is CC(=O)O[C@@H]1CC[C@]2(C)C(=CC[C@@H]3[C@@H]4CC[C@H](C(=O)O[C@@H]5C=C[C@@H]6[C@H]7CC[C@@H](C7)[C@@H]65)[C@H]4CC[C@H]32)C1. The number of esters is 2. The fraction of sp³-hybridized carbons (Fsp3) is 0.806. The van der Waals surface area contributed by atoms with Crippen molar-refractivity contribution in [2.75, 3.05) is 0 Å². The Balaban J connectivity index is 1.03. The van der Waals surface area contributed by atoms with E-state index in [0.717, 1.165) is 43.9 Å². The van der Waals surface area contributed by atoms with Crippen LogP contribution in [-0.4, -0.2) is 24.1 Å². The molecule has 2 bridgehead atoms. The van der Waals surface area contributed by atoms with E-state index >= 15 is 0 Å². The summed E-state index contributed by atoms with van der Waals surface area (Å²) in [6.45, 7) is 4.01. The third kappa shape index (κ3) is 3.44. The van der Waals surface area contributed by atoms with Gasteiger partial charge in [0.05, 0.1) is 5.92 Å². The lowest BCUT2D eigenvalue weighted by Gasteiger charge is -2.55. The summed E-state index contributed by atoms with van der Waals surface area (Å²) in [5.41, 5.74) is 1.78. The second-order valence-corrected chi connectivity index (χ2v) is 13.5. The van der Waals surface area contributed by atoms with E-state index < -0.39 is 0 Å². The van der Waals surface area contributed by atoms with Crippen molar-refractivity contribution >= 4 is 11.9 Å². The lowest BCUT2D eigenvalue weighted by molar-refractivity contribution is -0.158. The molecule has 0 aliphatic heterocycles. The molecule has 5 saturated carbocycles. The largest absolute Gasteiger partial charge is 0.462 e. The maximum absolute atomic E-state index is 13.5. The van der Waals surface area contributed by atoms with E-state index in [1.807, 2.05) is 0 Å². The van der Waals surface area contributed by atoms with Gasteiger partial charge in [0.25, 0.3) is 0 Å². The normalized spacial score (nSPS) is 51.1. The van der Waals surface area contributed by atoms with Gasteiger partial charge in [-0.05, 0) is 117 Å². The van der Waals surface area contributed by atoms with Crippen LogP contribution in [0.5, 0.6) is 0 Å². The maximum atomic E-state index is 13.5. The van der Waals surface area contributed by atoms with Gasteiger partial charge in [-0.25, -0.2) is 0 Å². The summed E-state index contributed by atoms with van der Waals surface area (Å²) in [7, 11) is 0. The van der Waals surface area contributed by atoms with E-state index in [4.69, 9.17) is 9.47 Å². The molecular formula is C31H42O4. The zero-order valence-electron chi connectivity index (χ0n) is 21.5. The molecular weight excluding hydrogens is 436 g/mol. The molecule has 0 unspecified atom stereocenters. The minimum Gasteiger partial charge on any atom is -0.462 e. The summed E-state index contributed by atoms with van der Waals surface area (Å²) in [4.78, 5) is 25.0. The first-order valence-electron chi connectivity index (χ1n) is 14.7. The molecule has 0 spiro atoms. The Morgan fingerprint density at radius 1 is 0.914 bits per heavy atom. The van der Waals surface area contributed by atoms with E-state index in [1.165, 1.54) is 51.0 Å². The predicted octanol–water partition coefficient (Wildman–Crippen LogP) is 6.25. The van der Waals surface area contributed by atoms with E-state index in [1.54, 1.807) is 0 Å². The molecule has 4 nitrogen and oxygen atoms in total. The van der Waals surface area contributed by atoms with Crippen molar-refractivity contribution in [3.05, 3.63) is 23.8 Å². The zero-order valence-corrected chi connectivity index (χ0v) is 21.5. The van der Waals surface area contributed by atoms with E-state index in [9.17, 15) is 9.59 Å². The zero-order chi connectivity index (χ0) is 23.9. The number of ether oxygens (including phenoxy) is 2. The molecule has 0 aromatic heterocycles. The van der Waals surface area contributed by atoms with Crippen LogP contribution in [0.1, 0.15) is 84.5 Å². The fourth-order valence-corrected chi connectivity index (χ4v) is 10.8.